The number of hydrogen-bond acceptors (Lipinski definition) is 5. The van der Waals surface area contributed by atoms with Crippen LogP contribution in [0.1, 0.15) is 12.8 Å². The molecule has 0 unspecified atom stereocenters. The summed E-state index contributed by atoms with van der Waals surface area (Å²) in [5.41, 5.74) is 0.656. The molecule has 1 aromatic carbocycles. The molecular formula is C16H18ClN5O3. The van der Waals surface area contributed by atoms with Crippen molar-refractivity contribution in [3.63, 3.8) is 0 Å². The van der Waals surface area contributed by atoms with Crippen molar-refractivity contribution in [3.05, 3.63) is 35.2 Å². The molecule has 1 fully saturated rings. The highest BCUT2D eigenvalue weighted by Crippen LogP contribution is 2.24. The normalized spacial score (nSPS) is 17.7. The van der Waals surface area contributed by atoms with E-state index >= 15 is 0 Å². The molecule has 132 valence electrons. The topological polar surface area (TPSA) is 91.6 Å². The number of carbonyl (C=O) groups is 2. The van der Waals surface area contributed by atoms with E-state index in [1.165, 1.54) is 4.90 Å². The lowest BCUT2D eigenvalue weighted by atomic mass is 10.2. The standard InChI is InChI=1S/C16H18ClN5O3/c1-10-15(23)21(2)7-8-22(10)16(24)18-9-13-19-14(20-25-13)11-5-3-4-6-12(11)17/h3-6,10H,7-9H2,1-2H3,(H,18,24)/t10-/m1/s1. The molecule has 2 aromatic rings. The molecule has 0 radical (unpaired) electrons. The van der Waals surface area contributed by atoms with Gasteiger partial charge in [0.05, 0.1) is 11.6 Å². The van der Waals surface area contributed by atoms with Crippen molar-refractivity contribution < 1.29 is 14.1 Å². The van der Waals surface area contributed by atoms with Gasteiger partial charge in [-0.2, -0.15) is 4.98 Å². The van der Waals surface area contributed by atoms with Crippen LogP contribution in [0.25, 0.3) is 11.4 Å². The molecule has 1 saturated heterocycles. The molecule has 3 rings (SSSR count). The third-order valence-corrected chi connectivity index (χ3v) is 4.44. The van der Waals surface area contributed by atoms with Gasteiger partial charge >= 0.3 is 6.03 Å². The number of rotatable bonds is 3. The number of carbonyl (C=O) groups excluding carboxylic acids is 2. The van der Waals surface area contributed by atoms with E-state index in [9.17, 15) is 9.59 Å². The number of aromatic nitrogens is 2. The fourth-order valence-corrected chi connectivity index (χ4v) is 2.84. The predicted octanol–water partition coefficient (Wildman–Crippen LogP) is 1.76. The Balaban J connectivity index is 1.62. The van der Waals surface area contributed by atoms with Crippen molar-refractivity contribution in [2.45, 2.75) is 19.5 Å². The van der Waals surface area contributed by atoms with E-state index < -0.39 is 6.04 Å². The van der Waals surface area contributed by atoms with Crippen LogP contribution >= 0.6 is 11.6 Å². The minimum absolute atomic E-state index is 0.0730. The summed E-state index contributed by atoms with van der Waals surface area (Å²) in [5.74, 6) is 0.537. The van der Waals surface area contributed by atoms with Gasteiger partial charge in [-0.05, 0) is 19.1 Å². The lowest BCUT2D eigenvalue weighted by molar-refractivity contribution is -0.137. The molecule has 0 saturated carbocycles. The van der Waals surface area contributed by atoms with E-state index in [-0.39, 0.29) is 24.4 Å². The summed E-state index contributed by atoms with van der Waals surface area (Å²) in [6.07, 6.45) is 0. The molecule has 0 aliphatic carbocycles. The Morgan fingerprint density at radius 1 is 1.40 bits per heavy atom. The number of piperazine rings is 1. The zero-order chi connectivity index (χ0) is 18.0. The summed E-state index contributed by atoms with van der Waals surface area (Å²) in [6.45, 7) is 2.76. The summed E-state index contributed by atoms with van der Waals surface area (Å²) >= 11 is 6.10. The average molecular weight is 364 g/mol. The highest BCUT2D eigenvalue weighted by molar-refractivity contribution is 6.33. The van der Waals surface area contributed by atoms with E-state index in [2.05, 4.69) is 15.5 Å². The van der Waals surface area contributed by atoms with Crippen molar-refractivity contribution in [2.75, 3.05) is 20.1 Å². The van der Waals surface area contributed by atoms with Crippen LogP contribution < -0.4 is 5.32 Å². The minimum Gasteiger partial charge on any atom is -0.342 e. The first-order valence-corrected chi connectivity index (χ1v) is 8.22. The van der Waals surface area contributed by atoms with Crippen LogP contribution in [0.5, 0.6) is 0 Å². The summed E-state index contributed by atoms with van der Waals surface area (Å²) in [6, 6.07) is 6.32. The van der Waals surface area contributed by atoms with Crippen molar-refractivity contribution in [3.8, 4) is 11.4 Å². The van der Waals surface area contributed by atoms with Gasteiger partial charge in [-0.25, -0.2) is 4.79 Å². The fraction of sp³-hybridized carbons (Fsp3) is 0.375. The van der Waals surface area contributed by atoms with E-state index in [1.54, 1.807) is 31.0 Å². The summed E-state index contributed by atoms with van der Waals surface area (Å²) < 4.78 is 5.15. The van der Waals surface area contributed by atoms with Gasteiger partial charge in [0.1, 0.15) is 6.04 Å². The number of hydrogen-bond donors (Lipinski definition) is 1. The van der Waals surface area contributed by atoms with E-state index in [0.717, 1.165) is 0 Å². The third-order valence-electron chi connectivity index (χ3n) is 4.11. The van der Waals surface area contributed by atoms with Gasteiger partial charge in [-0.1, -0.05) is 28.9 Å². The molecule has 3 amide bonds. The number of urea groups is 1. The van der Waals surface area contributed by atoms with Gasteiger partial charge in [0.2, 0.25) is 17.6 Å². The maximum atomic E-state index is 12.3. The molecule has 8 nitrogen and oxygen atoms in total. The van der Waals surface area contributed by atoms with Gasteiger partial charge in [0.25, 0.3) is 0 Å². The van der Waals surface area contributed by atoms with Crippen molar-refractivity contribution in [1.82, 2.24) is 25.3 Å². The smallest absolute Gasteiger partial charge is 0.318 e. The van der Waals surface area contributed by atoms with Crippen LogP contribution in [0.4, 0.5) is 4.79 Å². The van der Waals surface area contributed by atoms with Crippen LogP contribution in [0.2, 0.25) is 5.02 Å². The Hall–Kier alpha value is -2.61. The number of benzene rings is 1. The lowest BCUT2D eigenvalue weighted by Gasteiger charge is -2.37. The maximum absolute atomic E-state index is 12.3. The molecular weight excluding hydrogens is 346 g/mol. The van der Waals surface area contributed by atoms with Crippen molar-refractivity contribution >= 4 is 23.5 Å². The average Bonchev–Trinajstić information content (AvgIpc) is 3.07. The Kier molecular flexibility index (Phi) is 4.89. The Labute approximate surface area is 149 Å². The minimum atomic E-state index is -0.500. The molecule has 1 N–H and O–H groups in total. The SMILES string of the molecule is C[C@@H]1C(=O)N(C)CCN1C(=O)NCc1nc(-c2ccccc2Cl)no1. The van der Waals surface area contributed by atoms with Gasteiger partial charge in [0, 0.05) is 25.7 Å². The van der Waals surface area contributed by atoms with Crippen molar-refractivity contribution in [1.29, 1.82) is 0 Å². The molecule has 0 bridgehead atoms. The van der Waals surface area contributed by atoms with Gasteiger partial charge in [-0.3, -0.25) is 4.79 Å². The molecule has 1 aromatic heterocycles. The van der Waals surface area contributed by atoms with E-state index in [4.69, 9.17) is 16.1 Å². The second-order valence-electron chi connectivity index (χ2n) is 5.78. The van der Waals surface area contributed by atoms with E-state index in [0.29, 0.717) is 29.5 Å². The zero-order valence-electron chi connectivity index (χ0n) is 13.9. The predicted molar refractivity (Wildman–Crippen MR) is 90.8 cm³/mol. The molecule has 1 aliphatic rings. The lowest BCUT2D eigenvalue weighted by Crippen LogP contribution is -2.58. The first-order valence-electron chi connectivity index (χ1n) is 7.84. The largest absolute Gasteiger partial charge is 0.342 e. The Morgan fingerprint density at radius 3 is 2.92 bits per heavy atom. The molecule has 2 heterocycles. The zero-order valence-corrected chi connectivity index (χ0v) is 14.7. The fourth-order valence-electron chi connectivity index (χ4n) is 2.62. The first kappa shape index (κ1) is 17.2. The van der Waals surface area contributed by atoms with Crippen LogP contribution in [0.15, 0.2) is 28.8 Å². The van der Waals surface area contributed by atoms with Crippen molar-refractivity contribution in [2.24, 2.45) is 0 Å². The van der Waals surface area contributed by atoms with Crippen LogP contribution in [0.3, 0.4) is 0 Å². The first-order chi connectivity index (χ1) is 12.0. The van der Waals surface area contributed by atoms with Gasteiger partial charge in [-0.15, -0.1) is 0 Å². The number of likely N-dealkylation sites (N-methyl/N-ethyl adjacent to an activating group) is 1. The summed E-state index contributed by atoms with van der Waals surface area (Å²) in [4.78, 5) is 31.6. The molecule has 25 heavy (non-hydrogen) atoms. The molecule has 1 aliphatic heterocycles. The Morgan fingerprint density at radius 2 is 2.16 bits per heavy atom. The highest BCUT2D eigenvalue weighted by Gasteiger charge is 2.32. The Bertz CT molecular complexity index is 794. The van der Waals surface area contributed by atoms with Crippen LogP contribution in [0, 0.1) is 0 Å². The van der Waals surface area contributed by atoms with Crippen LogP contribution in [-0.2, 0) is 11.3 Å². The van der Waals surface area contributed by atoms with Crippen LogP contribution in [-0.4, -0.2) is 58.1 Å². The number of nitrogens with zero attached hydrogens (tertiary/aromatic N) is 4. The second kappa shape index (κ2) is 7.10. The number of halogens is 1. The number of amides is 3. The molecule has 9 heteroatoms. The molecule has 0 spiro atoms. The van der Waals surface area contributed by atoms with Gasteiger partial charge in [0.15, 0.2) is 0 Å². The maximum Gasteiger partial charge on any atom is 0.318 e. The monoisotopic (exact) mass is 363 g/mol. The quantitative estimate of drug-likeness (QED) is 0.897. The van der Waals surface area contributed by atoms with E-state index in [1.807, 2.05) is 12.1 Å². The van der Waals surface area contributed by atoms with Gasteiger partial charge < -0.3 is 19.6 Å². The summed E-state index contributed by atoms with van der Waals surface area (Å²) in [7, 11) is 1.72. The number of nitrogens with one attached hydrogen (secondary N) is 1. The third kappa shape index (κ3) is 3.58. The highest BCUT2D eigenvalue weighted by atomic mass is 35.5. The second-order valence-corrected chi connectivity index (χ2v) is 6.19. The molecule has 1 atom stereocenters. The summed E-state index contributed by atoms with van der Waals surface area (Å²) in [5, 5.41) is 7.10.